The van der Waals surface area contributed by atoms with Crippen LogP contribution in [-0.2, 0) is 16.0 Å². The summed E-state index contributed by atoms with van der Waals surface area (Å²) in [5.74, 6) is -0.954. The summed E-state index contributed by atoms with van der Waals surface area (Å²) in [5, 5.41) is 14.2. The van der Waals surface area contributed by atoms with Crippen molar-refractivity contribution in [3.63, 3.8) is 0 Å². The number of nitrogens with one attached hydrogen (secondary N) is 1. The van der Waals surface area contributed by atoms with E-state index < -0.39 is 16.7 Å². The Kier molecular flexibility index (Phi) is 5.79. The molecule has 0 spiro atoms. The van der Waals surface area contributed by atoms with E-state index in [0.717, 1.165) is 28.0 Å². The summed E-state index contributed by atoms with van der Waals surface area (Å²) >= 11 is 0. The maximum atomic E-state index is 13.5. The van der Waals surface area contributed by atoms with Crippen molar-refractivity contribution in [1.82, 2.24) is 0 Å². The van der Waals surface area contributed by atoms with Gasteiger partial charge < -0.3 is 5.32 Å². The number of hydrogen-bond acceptors (Lipinski definition) is 5. The summed E-state index contributed by atoms with van der Waals surface area (Å²) in [6.45, 7) is 5.93. The van der Waals surface area contributed by atoms with Crippen LogP contribution in [0.15, 0.2) is 72.4 Å². The highest BCUT2D eigenvalue weighted by atomic mass is 16.6. The topological polar surface area (TPSA) is 92.6 Å². The zero-order valence-corrected chi connectivity index (χ0v) is 18.6. The van der Waals surface area contributed by atoms with Gasteiger partial charge in [0.15, 0.2) is 0 Å². The second kappa shape index (κ2) is 8.70. The van der Waals surface area contributed by atoms with Gasteiger partial charge in [-0.05, 0) is 72.9 Å². The molecule has 0 radical (unpaired) electrons. The average Bonchev–Trinajstić information content (AvgIpc) is 3.06. The molecule has 3 aromatic rings. The highest BCUT2D eigenvalue weighted by molar-refractivity contribution is 6.46. The Bertz CT molecular complexity index is 1290. The molecule has 3 aromatic carbocycles. The summed E-state index contributed by atoms with van der Waals surface area (Å²) in [7, 11) is 0. The van der Waals surface area contributed by atoms with Gasteiger partial charge in [-0.3, -0.25) is 19.7 Å². The molecular formula is C26H23N3O4. The first kappa shape index (κ1) is 22.0. The molecule has 0 atom stereocenters. The Morgan fingerprint density at radius 1 is 0.909 bits per heavy atom. The Morgan fingerprint density at radius 3 is 2.18 bits per heavy atom. The van der Waals surface area contributed by atoms with Crippen molar-refractivity contribution in [1.29, 1.82) is 0 Å². The second-order valence-electron chi connectivity index (χ2n) is 7.89. The maximum absolute atomic E-state index is 13.5. The summed E-state index contributed by atoms with van der Waals surface area (Å²) in [5.41, 5.74) is 4.94. The summed E-state index contributed by atoms with van der Waals surface area (Å²) in [4.78, 5) is 38.7. The molecular weight excluding hydrogens is 418 g/mol. The van der Waals surface area contributed by atoms with Crippen LogP contribution >= 0.6 is 0 Å². The fraction of sp³-hybridized carbons (Fsp3) is 0.154. The van der Waals surface area contributed by atoms with Gasteiger partial charge in [-0.1, -0.05) is 31.2 Å². The van der Waals surface area contributed by atoms with Gasteiger partial charge in [0, 0.05) is 17.8 Å². The predicted octanol–water partition coefficient (Wildman–Crippen LogP) is 5.17. The molecule has 1 heterocycles. The number of carbonyl (C=O) groups is 2. The van der Waals surface area contributed by atoms with Crippen molar-refractivity contribution in [2.24, 2.45) is 0 Å². The van der Waals surface area contributed by atoms with Crippen molar-refractivity contribution in [3.05, 3.63) is 105 Å². The number of imide groups is 1. The van der Waals surface area contributed by atoms with E-state index in [-0.39, 0.29) is 17.0 Å². The molecule has 166 valence electrons. The number of nitro groups is 1. The summed E-state index contributed by atoms with van der Waals surface area (Å²) in [6.07, 6.45) is 0.841. The molecule has 0 bridgehead atoms. The molecule has 1 aliphatic heterocycles. The van der Waals surface area contributed by atoms with Crippen LogP contribution in [-0.4, -0.2) is 16.7 Å². The second-order valence-corrected chi connectivity index (χ2v) is 7.89. The standard InChI is InChI=1S/C26H23N3O4/c1-4-18-8-12-20(13-9-18)28-25(30)23(19-10-14-21(15-11-19)29(32)33)24(26(28)31)27-22-7-5-6-16(2)17(22)3/h5-15,27H,4H2,1-3H3. The van der Waals surface area contributed by atoms with E-state index in [1.807, 2.05) is 51.1 Å². The quantitative estimate of drug-likeness (QED) is 0.324. The first-order valence-corrected chi connectivity index (χ1v) is 10.6. The Labute approximate surface area is 191 Å². The van der Waals surface area contributed by atoms with Crippen LogP contribution in [0.2, 0.25) is 0 Å². The predicted molar refractivity (Wildman–Crippen MR) is 128 cm³/mol. The summed E-state index contributed by atoms with van der Waals surface area (Å²) < 4.78 is 0. The molecule has 4 rings (SSSR count). The van der Waals surface area contributed by atoms with Gasteiger partial charge in [0.1, 0.15) is 5.70 Å². The number of benzene rings is 3. The Balaban J connectivity index is 1.82. The zero-order valence-electron chi connectivity index (χ0n) is 18.6. The molecule has 0 fully saturated rings. The van der Waals surface area contributed by atoms with Crippen molar-refractivity contribution in [2.45, 2.75) is 27.2 Å². The maximum Gasteiger partial charge on any atom is 0.282 e. The van der Waals surface area contributed by atoms with Crippen LogP contribution in [0.1, 0.15) is 29.2 Å². The highest BCUT2D eigenvalue weighted by Gasteiger charge is 2.40. The third-order valence-corrected chi connectivity index (χ3v) is 5.92. The molecule has 0 saturated carbocycles. The van der Waals surface area contributed by atoms with Crippen LogP contribution in [0.5, 0.6) is 0 Å². The van der Waals surface area contributed by atoms with Crippen molar-refractivity contribution >= 4 is 34.4 Å². The van der Waals surface area contributed by atoms with Crippen LogP contribution in [0.25, 0.3) is 5.57 Å². The van der Waals surface area contributed by atoms with Gasteiger partial charge in [0.05, 0.1) is 16.2 Å². The largest absolute Gasteiger partial charge is 0.350 e. The number of amides is 2. The van der Waals surface area contributed by atoms with E-state index in [2.05, 4.69) is 5.32 Å². The number of nitrogens with zero attached hydrogens (tertiary/aromatic N) is 2. The minimum absolute atomic E-state index is 0.0906. The van der Waals surface area contributed by atoms with Crippen molar-refractivity contribution < 1.29 is 14.5 Å². The van der Waals surface area contributed by atoms with Crippen LogP contribution in [0.3, 0.4) is 0 Å². The number of carbonyl (C=O) groups excluding carboxylic acids is 2. The van der Waals surface area contributed by atoms with Gasteiger partial charge in [0.2, 0.25) is 0 Å². The lowest BCUT2D eigenvalue weighted by molar-refractivity contribution is -0.384. The van der Waals surface area contributed by atoms with Crippen molar-refractivity contribution in [3.8, 4) is 0 Å². The fourth-order valence-corrected chi connectivity index (χ4v) is 3.80. The molecule has 7 heteroatoms. The SMILES string of the molecule is CCc1ccc(N2C(=O)C(Nc3cccc(C)c3C)=C(c3ccc([N+](=O)[O-])cc3)C2=O)cc1. The highest BCUT2D eigenvalue weighted by Crippen LogP contribution is 2.35. The lowest BCUT2D eigenvalue weighted by Crippen LogP contribution is -2.32. The molecule has 7 nitrogen and oxygen atoms in total. The number of nitro benzene ring substituents is 1. The molecule has 0 aromatic heterocycles. The summed E-state index contributed by atoms with van der Waals surface area (Å²) in [6, 6.07) is 18.6. The average molecular weight is 441 g/mol. The molecule has 1 aliphatic rings. The van der Waals surface area contributed by atoms with Crippen LogP contribution in [0.4, 0.5) is 17.1 Å². The lowest BCUT2D eigenvalue weighted by Gasteiger charge is -2.16. The number of aryl methyl sites for hydroxylation is 2. The smallest absolute Gasteiger partial charge is 0.282 e. The third kappa shape index (κ3) is 4.01. The van der Waals surface area contributed by atoms with Gasteiger partial charge in [-0.15, -0.1) is 0 Å². The minimum Gasteiger partial charge on any atom is -0.350 e. The number of rotatable bonds is 6. The van der Waals surface area contributed by atoms with E-state index in [0.29, 0.717) is 16.9 Å². The molecule has 2 amide bonds. The van der Waals surface area contributed by atoms with Gasteiger partial charge in [0.25, 0.3) is 17.5 Å². The van der Waals surface area contributed by atoms with E-state index >= 15 is 0 Å². The van der Waals surface area contributed by atoms with E-state index in [9.17, 15) is 19.7 Å². The normalized spacial score (nSPS) is 13.6. The van der Waals surface area contributed by atoms with E-state index in [4.69, 9.17) is 0 Å². The van der Waals surface area contributed by atoms with E-state index in [1.165, 1.54) is 24.3 Å². The number of anilines is 2. The van der Waals surface area contributed by atoms with Crippen molar-refractivity contribution in [2.75, 3.05) is 10.2 Å². The lowest BCUT2D eigenvalue weighted by atomic mass is 10.0. The Morgan fingerprint density at radius 2 is 1.58 bits per heavy atom. The van der Waals surface area contributed by atoms with E-state index in [1.54, 1.807) is 12.1 Å². The first-order chi connectivity index (χ1) is 15.8. The Hall–Kier alpha value is -4.26. The fourth-order valence-electron chi connectivity index (χ4n) is 3.80. The number of hydrogen-bond donors (Lipinski definition) is 1. The van der Waals surface area contributed by atoms with Crippen LogP contribution in [0, 0.1) is 24.0 Å². The first-order valence-electron chi connectivity index (χ1n) is 10.6. The molecule has 1 N–H and O–H groups in total. The molecule has 0 unspecified atom stereocenters. The molecule has 0 aliphatic carbocycles. The zero-order chi connectivity index (χ0) is 23.7. The minimum atomic E-state index is -0.503. The van der Waals surface area contributed by atoms with Gasteiger partial charge in [-0.25, -0.2) is 4.90 Å². The number of non-ortho nitro benzene ring substituents is 1. The molecule has 33 heavy (non-hydrogen) atoms. The molecule has 0 saturated heterocycles. The van der Waals surface area contributed by atoms with Gasteiger partial charge >= 0.3 is 0 Å². The third-order valence-electron chi connectivity index (χ3n) is 5.92. The van der Waals surface area contributed by atoms with Crippen LogP contribution < -0.4 is 10.2 Å². The van der Waals surface area contributed by atoms with Gasteiger partial charge in [-0.2, -0.15) is 0 Å². The monoisotopic (exact) mass is 441 g/mol.